The first-order chi connectivity index (χ1) is 12.8. The molecule has 2 aromatic carbocycles. The molecular weight excluding hydrogens is 359 g/mol. The van der Waals surface area contributed by atoms with Gasteiger partial charge in [0.25, 0.3) is 0 Å². The van der Waals surface area contributed by atoms with Gasteiger partial charge in [0, 0.05) is 18.3 Å². The number of benzene rings is 2. The molecule has 8 heteroatoms. The Balaban J connectivity index is 1.96. The molecule has 2 aromatic rings. The zero-order valence-corrected chi connectivity index (χ0v) is 15.3. The Labute approximate surface area is 156 Å². The molecule has 146 valence electrons. The summed E-state index contributed by atoms with van der Waals surface area (Å²) < 4.78 is 42.0. The highest BCUT2D eigenvalue weighted by Gasteiger charge is 2.16. The summed E-state index contributed by atoms with van der Waals surface area (Å²) in [5, 5.41) is 5.19. The van der Waals surface area contributed by atoms with E-state index in [1.165, 1.54) is 6.07 Å². The molecule has 2 N–H and O–H groups in total. The SMILES string of the molecule is Cc1ccc(C(CNC(=O)Nc2ccc(OC(F)F)c(F)c2)N(C)C)cc1. The number of carbonyl (C=O) groups is 1. The van der Waals surface area contributed by atoms with E-state index >= 15 is 0 Å². The molecule has 1 atom stereocenters. The van der Waals surface area contributed by atoms with E-state index in [9.17, 15) is 18.0 Å². The maximum Gasteiger partial charge on any atom is 0.387 e. The van der Waals surface area contributed by atoms with Crippen LogP contribution in [0.4, 0.5) is 23.7 Å². The Morgan fingerprint density at radius 1 is 1.15 bits per heavy atom. The predicted octanol–water partition coefficient (Wildman–Crippen LogP) is 4.16. The van der Waals surface area contributed by atoms with Crippen molar-refractivity contribution in [3.63, 3.8) is 0 Å². The van der Waals surface area contributed by atoms with E-state index in [2.05, 4.69) is 15.4 Å². The minimum atomic E-state index is -3.12. The first-order valence-electron chi connectivity index (χ1n) is 8.28. The molecule has 0 saturated carbocycles. The van der Waals surface area contributed by atoms with Gasteiger partial charge in [-0.25, -0.2) is 9.18 Å². The van der Waals surface area contributed by atoms with Gasteiger partial charge < -0.3 is 20.3 Å². The number of alkyl halides is 2. The molecule has 0 fully saturated rings. The Bertz CT molecular complexity index is 767. The van der Waals surface area contributed by atoms with Gasteiger partial charge in [0.05, 0.1) is 6.04 Å². The van der Waals surface area contributed by atoms with Crippen molar-refractivity contribution in [2.45, 2.75) is 19.6 Å². The van der Waals surface area contributed by atoms with Gasteiger partial charge in [0.2, 0.25) is 0 Å². The standard InChI is InChI=1S/C19H22F3N3O2/c1-12-4-6-13(7-5-12)16(25(2)3)11-23-19(26)24-14-8-9-17(15(20)10-14)27-18(21)22/h4-10,16,18H,11H2,1-3H3,(H2,23,24,26). The molecule has 0 bridgehead atoms. The van der Waals surface area contributed by atoms with E-state index < -0.39 is 24.2 Å². The summed E-state index contributed by atoms with van der Waals surface area (Å²) in [6, 6.07) is 10.6. The van der Waals surface area contributed by atoms with Crippen molar-refractivity contribution in [1.82, 2.24) is 10.2 Å². The van der Waals surface area contributed by atoms with Gasteiger partial charge in [-0.15, -0.1) is 0 Å². The highest BCUT2D eigenvalue weighted by Crippen LogP contribution is 2.23. The minimum Gasteiger partial charge on any atom is -0.432 e. The van der Waals surface area contributed by atoms with Crippen molar-refractivity contribution < 1.29 is 22.7 Å². The van der Waals surface area contributed by atoms with E-state index in [0.29, 0.717) is 6.54 Å². The van der Waals surface area contributed by atoms with Gasteiger partial charge in [0.1, 0.15) is 0 Å². The highest BCUT2D eigenvalue weighted by molar-refractivity contribution is 5.89. The molecule has 0 radical (unpaired) electrons. The Hall–Kier alpha value is -2.74. The van der Waals surface area contributed by atoms with Crippen LogP contribution in [0.5, 0.6) is 5.75 Å². The number of anilines is 1. The molecule has 5 nitrogen and oxygen atoms in total. The lowest BCUT2D eigenvalue weighted by atomic mass is 10.0. The van der Waals surface area contributed by atoms with Crippen LogP contribution in [0, 0.1) is 12.7 Å². The van der Waals surface area contributed by atoms with Crippen molar-refractivity contribution in [1.29, 1.82) is 0 Å². The number of halogens is 3. The number of urea groups is 1. The summed E-state index contributed by atoms with van der Waals surface area (Å²) in [6.45, 7) is -0.792. The average Bonchev–Trinajstić information content (AvgIpc) is 2.58. The molecule has 27 heavy (non-hydrogen) atoms. The number of amides is 2. The van der Waals surface area contributed by atoms with Crippen LogP contribution >= 0.6 is 0 Å². The molecule has 0 aliphatic rings. The lowest BCUT2D eigenvalue weighted by Gasteiger charge is -2.25. The Kier molecular flexibility index (Phi) is 7.06. The summed E-state index contributed by atoms with van der Waals surface area (Å²) in [4.78, 5) is 14.1. The Morgan fingerprint density at radius 2 is 1.81 bits per heavy atom. The molecule has 2 rings (SSSR count). The van der Waals surface area contributed by atoms with Crippen LogP contribution in [-0.4, -0.2) is 38.2 Å². The minimum absolute atomic E-state index is 0.0464. The van der Waals surface area contributed by atoms with E-state index in [1.807, 2.05) is 50.2 Å². The summed E-state index contributed by atoms with van der Waals surface area (Å²) in [6.07, 6.45) is 0. The van der Waals surface area contributed by atoms with E-state index in [-0.39, 0.29) is 11.7 Å². The maximum atomic E-state index is 13.7. The number of aryl methyl sites for hydroxylation is 1. The third-order valence-electron chi connectivity index (χ3n) is 3.95. The van der Waals surface area contributed by atoms with Crippen LogP contribution < -0.4 is 15.4 Å². The maximum absolute atomic E-state index is 13.7. The smallest absolute Gasteiger partial charge is 0.387 e. The van der Waals surface area contributed by atoms with Crippen LogP contribution in [0.25, 0.3) is 0 Å². The number of carbonyl (C=O) groups excluding carboxylic acids is 1. The van der Waals surface area contributed by atoms with E-state index in [1.54, 1.807) is 0 Å². The second kappa shape index (κ2) is 9.27. The number of rotatable bonds is 7. The number of nitrogens with zero attached hydrogens (tertiary/aromatic N) is 1. The van der Waals surface area contributed by atoms with Gasteiger partial charge in [-0.1, -0.05) is 29.8 Å². The zero-order valence-electron chi connectivity index (χ0n) is 15.3. The van der Waals surface area contributed by atoms with Gasteiger partial charge in [-0.05, 0) is 38.7 Å². The van der Waals surface area contributed by atoms with Crippen LogP contribution in [0.15, 0.2) is 42.5 Å². The van der Waals surface area contributed by atoms with Crippen LogP contribution in [-0.2, 0) is 0 Å². The van der Waals surface area contributed by atoms with E-state index in [0.717, 1.165) is 23.3 Å². The fourth-order valence-electron chi connectivity index (χ4n) is 2.52. The van der Waals surface area contributed by atoms with Crippen LogP contribution in [0.1, 0.15) is 17.2 Å². The molecule has 0 aliphatic carbocycles. The van der Waals surface area contributed by atoms with Crippen molar-refractivity contribution >= 4 is 11.7 Å². The summed E-state index contributed by atoms with van der Waals surface area (Å²) in [5.41, 5.74) is 2.32. The third kappa shape index (κ3) is 6.18. The van der Waals surface area contributed by atoms with Crippen LogP contribution in [0.3, 0.4) is 0 Å². The van der Waals surface area contributed by atoms with Crippen molar-refractivity contribution in [2.24, 2.45) is 0 Å². The summed E-state index contributed by atoms with van der Waals surface area (Å²) in [7, 11) is 3.81. The molecule has 0 aromatic heterocycles. The highest BCUT2D eigenvalue weighted by atomic mass is 19.3. The first-order valence-corrected chi connectivity index (χ1v) is 8.28. The summed E-state index contributed by atoms with van der Waals surface area (Å²) in [5.74, 6) is -1.57. The molecular formula is C19H22F3N3O2. The monoisotopic (exact) mass is 381 g/mol. The normalized spacial score (nSPS) is 12.1. The zero-order chi connectivity index (χ0) is 20.0. The van der Waals surface area contributed by atoms with Crippen molar-refractivity contribution in [3.05, 3.63) is 59.4 Å². The van der Waals surface area contributed by atoms with Gasteiger partial charge >= 0.3 is 12.6 Å². The largest absolute Gasteiger partial charge is 0.432 e. The van der Waals surface area contributed by atoms with Gasteiger partial charge in [-0.3, -0.25) is 0 Å². The summed E-state index contributed by atoms with van der Waals surface area (Å²) >= 11 is 0. The topological polar surface area (TPSA) is 53.6 Å². The molecule has 0 aliphatic heterocycles. The predicted molar refractivity (Wildman–Crippen MR) is 97.7 cm³/mol. The first kappa shape index (κ1) is 20.6. The van der Waals surface area contributed by atoms with Gasteiger partial charge in [0.15, 0.2) is 11.6 Å². The molecule has 0 saturated heterocycles. The second-order valence-electron chi connectivity index (χ2n) is 6.25. The lowest BCUT2D eigenvalue weighted by Crippen LogP contribution is -2.36. The number of hydrogen-bond donors (Lipinski definition) is 2. The number of ether oxygens (including phenoxy) is 1. The Morgan fingerprint density at radius 3 is 2.37 bits per heavy atom. The number of hydrogen-bond acceptors (Lipinski definition) is 3. The van der Waals surface area contributed by atoms with Crippen LogP contribution in [0.2, 0.25) is 0 Å². The lowest BCUT2D eigenvalue weighted by molar-refractivity contribution is -0.0521. The fourth-order valence-corrected chi connectivity index (χ4v) is 2.52. The number of nitrogens with one attached hydrogen (secondary N) is 2. The second-order valence-corrected chi connectivity index (χ2v) is 6.25. The quantitative estimate of drug-likeness (QED) is 0.757. The molecule has 0 heterocycles. The third-order valence-corrected chi connectivity index (χ3v) is 3.95. The number of likely N-dealkylation sites (N-methyl/N-ethyl adjacent to an activating group) is 1. The molecule has 1 unspecified atom stereocenters. The van der Waals surface area contributed by atoms with Gasteiger partial charge in [-0.2, -0.15) is 8.78 Å². The van der Waals surface area contributed by atoms with E-state index in [4.69, 9.17) is 0 Å². The van der Waals surface area contributed by atoms with Crippen molar-refractivity contribution in [3.8, 4) is 5.75 Å². The molecule has 0 spiro atoms. The average molecular weight is 381 g/mol. The fraction of sp³-hybridized carbons (Fsp3) is 0.316. The molecule has 2 amide bonds. The van der Waals surface area contributed by atoms with Crippen molar-refractivity contribution in [2.75, 3.05) is 26.0 Å².